The van der Waals surface area contributed by atoms with E-state index in [1.165, 1.54) is 27.4 Å². The number of hydrogen-bond acceptors (Lipinski definition) is 2. The van der Waals surface area contributed by atoms with Crippen LogP contribution in [0.1, 0.15) is 5.56 Å². The molecule has 0 unspecified atom stereocenters. The molecular formula is C38H27N3. The van der Waals surface area contributed by atoms with Crippen LogP contribution in [0.3, 0.4) is 0 Å². The molecule has 1 aromatic heterocycles. The second-order valence-electron chi connectivity index (χ2n) is 10.3. The third-order valence-corrected chi connectivity index (χ3v) is 7.97. The molecule has 1 aliphatic rings. The maximum atomic E-state index is 3.53. The summed E-state index contributed by atoms with van der Waals surface area (Å²) < 4.78 is 2.38. The molecule has 0 amide bonds. The minimum absolute atomic E-state index is 1.08. The van der Waals surface area contributed by atoms with Gasteiger partial charge in [-0.3, -0.25) is 0 Å². The van der Waals surface area contributed by atoms with Gasteiger partial charge >= 0.3 is 0 Å². The molecule has 6 aromatic carbocycles. The Morgan fingerprint density at radius 1 is 0.463 bits per heavy atom. The third kappa shape index (κ3) is 3.82. The molecule has 0 radical (unpaired) electrons. The van der Waals surface area contributed by atoms with Gasteiger partial charge in [0.2, 0.25) is 0 Å². The summed E-state index contributed by atoms with van der Waals surface area (Å²) in [6.45, 7) is 0. The van der Waals surface area contributed by atoms with E-state index < -0.39 is 0 Å². The van der Waals surface area contributed by atoms with Crippen LogP contribution in [-0.4, -0.2) is 4.57 Å². The molecule has 8 rings (SSSR count). The van der Waals surface area contributed by atoms with Gasteiger partial charge < -0.3 is 14.8 Å². The highest BCUT2D eigenvalue weighted by atomic mass is 15.2. The van der Waals surface area contributed by atoms with Crippen LogP contribution in [0, 0.1) is 0 Å². The largest absolute Gasteiger partial charge is 0.361 e. The van der Waals surface area contributed by atoms with Gasteiger partial charge in [0.05, 0.1) is 22.4 Å². The molecular weight excluding hydrogens is 498 g/mol. The molecule has 2 heterocycles. The van der Waals surface area contributed by atoms with Crippen molar-refractivity contribution in [2.24, 2.45) is 0 Å². The highest BCUT2D eigenvalue weighted by Crippen LogP contribution is 2.45. The van der Waals surface area contributed by atoms with Crippen LogP contribution >= 0.6 is 0 Å². The number of anilines is 4. The summed E-state index contributed by atoms with van der Waals surface area (Å²) in [5.74, 6) is 0. The Morgan fingerprint density at radius 2 is 1.07 bits per heavy atom. The molecule has 1 aliphatic heterocycles. The topological polar surface area (TPSA) is 20.2 Å². The molecule has 0 saturated carbocycles. The molecule has 0 atom stereocenters. The Morgan fingerprint density at radius 3 is 1.88 bits per heavy atom. The van der Waals surface area contributed by atoms with E-state index in [0.29, 0.717) is 0 Å². The van der Waals surface area contributed by atoms with Gasteiger partial charge in [-0.2, -0.15) is 0 Å². The van der Waals surface area contributed by atoms with Crippen molar-refractivity contribution >= 4 is 50.6 Å². The predicted octanol–water partition coefficient (Wildman–Crippen LogP) is 10.3. The van der Waals surface area contributed by atoms with Crippen molar-refractivity contribution in [1.29, 1.82) is 0 Å². The number of nitrogens with zero attached hydrogens (tertiary/aromatic N) is 2. The Labute approximate surface area is 239 Å². The molecule has 0 bridgehead atoms. The van der Waals surface area contributed by atoms with Gasteiger partial charge in [0, 0.05) is 45.2 Å². The summed E-state index contributed by atoms with van der Waals surface area (Å²) in [5, 5.41) is 6.05. The number of para-hydroxylation sites is 5. The van der Waals surface area contributed by atoms with Gasteiger partial charge in [-0.05, 0) is 60.2 Å². The van der Waals surface area contributed by atoms with Gasteiger partial charge in [-0.25, -0.2) is 0 Å². The van der Waals surface area contributed by atoms with Crippen LogP contribution < -0.4 is 10.2 Å². The fraction of sp³-hybridized carbons (Fsp3) is 0. The Balaban J connectivity index is 1.41. The van der Waals surface area contributed by atoms with Gasteiger partial charge in [0.25, 0.3) is 0 Å². The van der Waals surface area contributed by atoms with Crippen molar-refractivity contribution in [3.05, 3.63) is 157 Å². The summed E-state index contributed by atoms with van der Waals surface area (Å²) in [6, 6.07) is 52.0. The standard InChI is InChI=1S/C38H27N3/c1-7-20-35-27(12-1)24-25-39-34-19-6-2-15-30(34)31-16-3-8-21-36(31)40(35)28-13-11-14-29(26-28)41-37-22-9-4-17-32(37)33-18-5-10-23-38(33)41/h1-26,39H/b25-24+. The zero-order chi connectivity index (χ0) is 27.2. The summed E-state index contributed by atoms with van der Waals surface area (Å²) in [6.07, 6.45) is 4.20. The van der Waals surface area contributed by atoms with Gasteiger partial charge in [0.15, 0.2) is 0 Å². The van der Waals surface area contributed by atoms with E-state index in [-0.39, 0.29) is 0 Å². The van der Waals surface area contributed by atoms with Crippen LogP contribution in [0.2, 0.25) is 0 Å². The minimum Gasteiger partial charge on any atom is -0.361 e. The average molecular weight is 526 g/mol. The lowest BCUT2D eigenvalue weighted by atomic mass is 9.98. The predicted molar refractivity (Wildman–Crippen MR) is 174 cm³/mol. The van der Waals surface area contributed by atoms with Crippen LogP contribution in [0.5, 0.6) is 0 Å². The lowest BCUT2D eigenvalue weighted by molar-refractivity contribution is 1.17. The van der Waals surface area contributed by atoms with Crippen molar-refractivity contribution in [3.63, 3.8) is 0 Å². The number of benzene rings is 6. The molecule has 41 heavy (non-hydrogen) atoms. The monoisotopic (exact) mass is 525 g/mol. The van der Waals surface area contributed by atoms with E-state index in [1.54, 1.807) is 0 Å². The highest BCUT2D eigenvalue weighted by molar-refractivity contribution is 6.09. The lowest BCUT2D eigenvalue weighted by Gasteiger charge is -2.30. The quantitative estimate of drug-likeness (QED) is 0.242. The first-order valence-electron chi connectivity index (χ1n) is 14.0. The zero-order valence-corrected chi connectivity index (χ0v) is 22.4. The van der Waals surface area contributed by atoms with E-state index >= 15 is 0 Å². The number of fused-ring (bicyclic) bond motifs is 7. The van der Waals surface area contributed by atoms with Crippen LogP contribution in [0.15, 0.2) is 152 Å². The molecule has 3 heteroatoms. The molecule has 1 N–H and O–H groups in total. The fourth-order valence-electron chi connectivity index (χ4n) is 6.17. The first-order valence-corrected chi connectivity index (χ1v) is 14.0. The van der Waals surface area contributed by atoms with Crippen molar-refractivity contribution in [2.75, 3.05) is 10.2 Å². The number of hydrogen-bond donors (Lipinski definition) is 1. The molecule has 0 aliphatic carbocycles. The summed E-state index contributed by atoms with van der Waals surface area (Å²) in [7, 11) is 0. The number of nitrogens with one attached hydrogen (secondary N) is 1. The fourth-order valence-corrected chi connectivity index (χ4v) is 6.17. The summed E-state index contributed by atoms with van der Waals surface area (Å²) in [4.78, 5) is 2.40. The van der Waals surface area contributed by atoms with E-state index in [4.69, 9.17) is 0 Å². The lowest BCUT2D eigenvalue weighted by Crippen LogP contribution is -2.13. The van der Waals surface area contributed by atoms with E-state index in [1.807, 2.05) is 6.20 Å². The SMILES string of the molecule is C1=C/c2ccccc2N(c2cccc(-n3c4ccccc4c4ccccc43)c2)c2ccccc2-c2ccccc2N/1. The second kappa shape index (κ2) is 9.58. The molecule has 7 aromatic rings. The maximum Gasteiger partial charge on any atom is 0.0541 e. The van der Waals surface area contributed by atoms with Crippen LogP contribution in [0.25, 0.3) is 44.7 Å². The third-order valence-electron chi connectivity index (χ3n) is 7.97. The van der Waals surface area contributed by atoms with E-state index in [0.717, 1.165) is 39.6 Å². The summed E-state index contributed by atoms with van der Waals surface area (Å²) >= 11 is 0. The average Bonchev–Trinajstić information content (AvgIpc) is 3.37. The summed E-state index contributed by atoms with van der Waals surface area (Å²) in [5.41, 5.74) is 11.4. The molecule has 3 nitrogen and oxygen atoms in total. The molecule has 0 saturated heterocycles. The van der Waals surface area contributed by atoms with Gasteiger partial charge in [0.1, 0.15) is 0 Å². The maximum absolute atomic E-state index is 3.53. The minimum atomic E-state index is 1.08. The van der Waals surface area contributed by atoms with Crippen LogP contribution in [-0.2, 0) is 0 Å². The highest BCUT2D eigenvalue weighted by Gasteiger charge is 2.21. The molecule has 0 spiro atoms. The van der Waals surface area contributed by atoms with Gasteiger partial charge in [-0.15, -0.1) is 0 Å². The normalized spacial score (nSPS) is 13.2. The molecule has 0 fully saturated rings. The van der Waals surface area contributed by atoms with Crippen molar-refractivity contribution in [1.82, 2.24) is 4.57 Å². The zero-order valence-electron chi connectivity index (χ0n) is 22.4. The van der Waals surface area contributed by atoms with E-state index in [2.05, 4.69) is 166 Å². The Hall–Kier alpha value is -5.54. The van der Waals surface area contributed by atoms with Crippen molar-refractivity contribution < 1.29 is 0 Å². The molecule has 194 valence electrons. The first-order chi connectivity index (χ1) is 20.4. The Kier molecular flexibility index (Phi) is 5.46. The van der Waals surface area contributed by atoms with Crippen LogP contribution in [0.4, 0.5) is 22.7 Å². The number of rotatable bonds is 2. The van der Waals surface area contributed by atoms with Crippen molar-refractivity contribution in [3.8, 4) is 16.8 Å². The smallest absolute Gasteiger partial charge is 0.0541 e. The second-order valence-corrected chi connectivity index (χ2v) is 10.3. The van der Waals surface area contributed by atoms with Crippen molar-refractivity contribution in [2.45, 2.75) is 0 Å². The van der Waals surface area contributed by atoms with Gasteiger partial charge in [-0.1, -0.05) is 97.1 Å². The Bertz CT molecular complexity index is 2050. The van der Waals surface area contributed by atoms with E-state index in [9.17, 15) is 0 Å². The first kappa shape index (κ1) is 23.4. The number of aromatic nitrogens is 1.